The van der Waals surface area contributed by atoms with Crippen molar-refractivity contribution in [2.24, 2.45) is 0 Å². The van der Waals surface area contributed by atoms with Crippen LogP contribution in [0.5, 0.6) is 0 Å². The molecular weight excluding hydrogens is 377 g/mol. The molecule has 0 aliphatic rings. The Kier molecular flexibility index (Phi) is 10.1. The number of benzene rings is 2. The molecule has 1 aromatic heterocycles. The molecule has 0 amide bonds. The van der Waals surface area contributed by atoms with Crippen LogP contribution in [0.2, 0.25) is 0 Å². The summed E-state index contributed by atoms with van der Waals surface area (Å²) in [5, 5.41) is 20.6. The first kappa shape index (κ1) is 20.5. The quantitative estimate of drug-likeness (QED) is 0.594. The van der Waals surface area contributed by atoms with Crippen LogP contribution in [0.3, 0.4) is 0 Å². The molecule has 0 atom stereocenters. The molecule has 2 aromatic carbocycles. The van der Waals surface area contributed by atoms with Crippen molar-refractivity contribution >= 4 is 11.5 Å². The van der Waals surface area contributed by atoms with Gasteiger partial charge in [-0.25, -0.2) is 0 Å². The van der Waals surface area contributed by atoms with Crippen LogP contribution >= 0.6 is 0 Å². The van der Waals surface area contributed by atoms with Crippen molar-refractivity contribution in [2.45, 2.75) is 13.2 Å². The molecule has 0 aliphatic heterocycles. The van der Waals surface area contributed by atoms with Crippen molar-refractivity contribution in [3.05, 3.63) is 90.1 Å². The number of nitrogens with one attached hydrogen (secondary N) is 1. The van der Waals surface area contributed by atoms with Crippen LogP contribution < -0.4 is 5.32 Å². The van der Waals surface area contributed by atoms with Crippen LogP contribution in [-0.2, 0) is 45.9 Å². The zero-order chi connectivity index (χ0) is 16.3. The molecule has 3 aromatic rings. The van der Waals surface area contributed by atoms with Gasteiger partial charge in [0.25, 0.3) is 0 Å². The molecule has 0 saturated heterocycles. The largest absolute Gasteiger partial charge is 0.404 e. The third kappa shape index (κ3) is 7.32. The maximum Gasteiger partial charge on any atom is 0.0682 e. The summed E-state index contributed by atoms with van der Waals surface area (Å²) >= 11 is 0. The number of pyridine rings is 1. The van der Waals surface area contributed by atoms with Gasteiger partial charge in [0.1, 0.15) is 0 Å². The van der Waals surface area contributed by atoms with Crippen molar-refractivity contribution in [3.63, 3.8) is 0 Å². The smallest absolute Gasteiger partial charge is 0.0682 e. The van der Waals surface area contributed by atoms with E-state index in [2.05, 4.69) is 22.4 Å². The second-order valence-electron chi connectivity index (χ2n) is 4.69. The van der Waals surface area contributed by atoms with Gasteiger partial charge in [-0.1, -0.05) is 18.3 Å². The number of nitrogens with zero attached hydrogens (tertiary/aromatic N) is 1. The zero-order valence-electron chi connectivity index (χ0n) is 13.2. The van der Waals surface area contributed by atoms with Crippen LogP contribution in [0.25, 0.3) is 0 Å². The van der Waals surface area contributed by atoms with Gasteiger partial charge in [0.2, 0.25) is 0 Å². The maximum absolute atomic E-state index is 8.98. The molecule has 1 radical (unpaired) electrons. The number of rotatable bonds is 4. The average Bonchev–Trinajstić information content (AvgIpc) is 2.64. The van der Waals surface area contributed by atoms with Gasteiger partial charge < -0.3 is 20.5 Å². The summed E-state index contributed by atoms with van der Waals surface area (Å²) in [6.07, 6.45) is 1.68. The summed E-state index contributed by atoms with van der Waals surface area (Å²) < 4.78 is 0. The van der Waals surface area contributed by atoms with Crippen LogP contribution in [0.4, 0.5) is 11.5 Å². The Morgan fingerprint density at radius 3 is 2.25 bits per heavy atom. The first-order valence-corrected chi connectivity index (χ1v) is 7.16. The van der Waals surface area contributed by atoms with E-state index in [0.717, 1.165) is 22.6 Å². The fourth-order valence-corrected chi connectivity index (χ4v) is 1.82. The number of hydrogen-bond donors (Lipinski definition) is 3. The zero-order valence-corrected chi connectivity index (χ0v) is 16.0. The minimum atomic E-state index is 0. The minimum Gasteiger partial charge on any atom is -0.404 e. The SMILES string of the molecule is OCc1c[c-]ccc1.OCc1cccc(Nc2c[c-]ccn2)c1.[Y]. The Hall–Kier alpha value is -1.59. The molecule has 1 heterocycles. The molecule has 4 nitrogen and oxygen atoms in total. The average molecular weight is 395 g/mol. The molecule has 0 aliphatic carbocycles. The number of aliphatic hydroxyl groups is 2. The molecule has 0 spiro atoms. The molecule has 3 rings (SSSR count). The van der Waals surface area contributed by atoms with Crippen molar-refractivity contribution in [1.82, 2.24) is 4.98 Å². The Balaban J connectivity index is 0.000000273. The van der Waals surface area contributed by atoms with Gasteiger partial charge in [-0.3, -0.25) is 0 Å². The summed E-state index contributed by atoms with van der Waals surface area (Å²) in [5.41, 5.74) is 2.70. The molecule has 24 heavy (non-hydrogen) atoms. The molecule has 3 N–H and O–H groups in total. The second kappa shape index (κ2) is 11.9. The summed E-state index contributed by atoms with van der Waals surface area (Å²) in [5.74, 6) is 0.743. The molecule has 0 saturated carbocycles. The normalized spacial score (nSPS) is 9.25. The van der Waals surface area contributed by atoms with Crippen LogP contribution in [0.15, 0.2) is 66.9 Å². The van der Waals surface area contributed by atoms with Crippen LogP contribution in [0, 0.1) is 12.1 Å². The standard InChI is InChI=1S/C12H11N2O.C7H7O.Y/c15-9-10-4-3-5-11(8-10)14-12-6-1-2-7-13-12;8-6-7-4-2-1-3-5-7;/h2-8,15H,9H2,(H,13,14);1-2,4-5,8H,6H2;/q2*-1;. The van der Waals surface area contributed by atoms with Crippen molar-refractivity contribution in [1.29, 1.82) is 0 Å². The number of aliphatic hydroxyl groups excluding tert-OH is 2. The fraction of sp³-hybridized carbons (Fsp3) is 0.105. The van der Waals surface area contributed by atoms with Gasteiger partial charge in [0.05, 0.1) is 6.61 Å². The third-order valence-corrected chi connectivity index (χ3v) is 2.94. The van der Waals surface area contributed by atoms with E-state index in [0.29, 0.717) is 0 Å². The Morgan fingerprint density at radius 1 is 0.917 bits per heavy atom. The van der Waals surface area contributed by atoms with Crippen LogP contribution in [0.1, 0.15) is 11.1 Å². The predicted molar refractivity (Wildman–Crippen MR) is 89.9 cm³/mol. The maximum atomic E-state index is 8.98. The summed E-state index contributed by atoms with van der Waals surface area (Å²) in [6, 6.07) is 24.1. The van der Waals surface area contributed by atoms with E-state index in [9.17, 15) is 0 Å². The summed E-state index contributed by atoms with van der Waals surface area (Å²) in [6.45, 7) is 0.154. The molecule has 0 fully saturated rings. The van der Waals surface area contributed by atoms with Gasteiger partial charge in [0.15, 0.2) is 0 Å². The number of aromatic nitrogens is 1. The molecule has 0 unspecified atom stereocenters. The topological polar surface area (TPSA) is 65.4 Å². The second-order valence-corrected chi connectivity index (χ2v) is 4.69. The van der Waals surface area contributed by atoms with E-state index in [1.165, 1.54) is 0 Å². The van der Waals surface area contributed by atoms with E-state index in [4.69, 9.17) is 10.2 Å². The van der Waals surface area contributed by atoms with Crippen LogP contribution in [-0.4, -0.2) is 15.2 Å². The number of hydrogen-bond acceptors (Lipinski definition) is 4. The molecule has 121 valence electrons. The summed E-state index contributed by atoms with van der Waals surface area (Å²) in [4.78, 5) is 4.12. The Bertz CT molecular complexity index is 694. The van der Waals surface area contributed by atoms with Crippen molar-refractivity contribution < 1.29 is 42.9 Å². The van der Waals surface area contributed by atoms with E-state index in [-0.39, 0.29) is 45.9 Å². The van der Waals surface area contributed by atoms with E-state index >= 15 is 0 Å². The van der Waals surface area contributed by atoms with Gasteiger partial charge in [-0.05, 0) is 17.7 Å². The summed E-state index contributed by atoms with van der Waals surface area (Å²) in [7, 11) is 0. The van der Waals surface area contributed by atoms with Gasteiger partial charge in [0, 0.05) is 50.8 Å². The molecular formula is C19H18N2O2Y-2. The predicted octanol–water partition coefficient (Wildman–Crippen LogP) is 3.09. The first-order valence-electron chi connectivity index (χ1n) is 7.16. The van der Waals surface area contributed by atoms with Crippen molar-refractivity contribution in [2.75, 3.05) is 5.32 Å². The fourth-order valence-electron chi connectivity index (χ4n) is 1.82. The molecule has 0 bridgehead atoms. The minimum absolute atomic E-state index is 0. The van der Waals surface area contributed by atoms with Gasteiger partial charge in [-0.15, -0.1) is 11.6 Å². The Labute approximate surface area is 167 Å². The van der Waals surface area contributed by atoms with Gasteiger partial charge in [-0.2, -0.15) is 42.5 Å². The van der Waals surface area contributed by atoms with E-state index < -0.39 is 0 Å². The Morgan fingerprint density at radius 2 is 1.67 bits per heavy atom. The number of anilines is 2. The van der Waals surface area contributed by atoms with E-state index in [1.807, 2.05) is 36.4 Å². The third-order valence-electron chi connectivity index (χ3n) is 2.94. The first-order chi connectivity index (χ1) is 11.3. The molecule has 5 heteroatoms. The monoisotopic (exact) mass is 395 g/mol. The van der Waals surface area contributed by atoms with E-state index in [1.54, 1.807) is 30.5 Å². The van der Waals surface area contributed by atoms with Gasteiger partial charge >= 0.3 is 0 Å². The van der Waals surface area contributed by atoms with Crippen molar-refractivity contribution in [3.8, 4) is 0 Å².